The molecule has 0 radical (unpaired) electrons. The van der Waals surface area contributed by atoms with Gasteiger partial charge in [-0.3, -0.25) is 4.79 Å². The molecule has 0 aromatic carbocycles. The first-order valence-corrected chi connectivity index (χ1v) is 3.84. The fourth-order valence-corrected chi connectivity index (χ4v) is 0.749. The zero-order chi connectivity index (χ0) is 8.69. The number of Topliss-reactive ketones (excluding diaryl/α,β-unsaturated/α-hetero) is 1. The van der Waals surface area contributed by atoms with Crippen LogP contribution < -0.4 is 0 Å². The van der Waals surface area contributed by atoms with E-state index in [0.717, 1.165) is 19.3 Å². The molecule has 0 aliphatic rings. The van der Waals surface area contributed by atoms with Crippen molar-refractivity contribution in [1.82, 2.24) is 0 Å². The summed E-state index contributed by atoms with van der Waals surface area (Å²) in [5.41, 5.74) is 0.0844. The van der Waals surface area contributed by atoms with Crippen LogP contribution in [0.5, 0.6) is 0 Å². The van der Waals surface area contributed by atoms with Crippen LogP contribution in [-0.2, 0) is 4.79 Å². The number of ketones is 1. The molecule has 0 N–H and O–H groups in total. The number of carbonyl (C=O) groups is 1. The van der Waals surface area contributed by atoms with Crippen molar-refractivity contribution in [1.29, 1.82) is 5.26 Å². The minimum Gasteiger partial charge on any atom is -0.293 e. The van der Waals surface area contributed by atoms with E-state index >= 15 is 0 Å². The normalized spacial score (nSPS) is 8.73. The lowest BCUT2D eigenvalue weighted by molar-refractivity contribution is -0.115. The Bertz CT molecular complexity index is 188. The van der Waals surface area contributed by atoms with Gasteiger partial charge in [0.25, 0.3) is 0 Å². The van der Waals surface area contributed by atoms with Gasteiger partial charge in [-0.05, 0) is 6.42 Å². The van der Waals surface area contributed by atoms with Crippen molar-refractivity contribution in [2.45, 2.75) is 32.6 Å². The van der Waals surface area contributed by atoms with Crippen LogP contribution in [-0.4, -0.2) is 5.78 Å². The van der Waals surface area contributed by atoms with Crippen molar-refractivity contribution < 1.29 is 4.79 Å². The Morgan fingerprint density at radius 3 is 2.64 bits per heavy atom. The van der Waals surface area contributed by atoms with Gasteiger partial charge < -0.3 is 0 Å². The number of allylic oxidation sites excluding steroid dienone is 1. The molecule has 0 aromatic rings. The molecule has 2 heteroatoms. The number of hydrogen-bond acceptors (Lipinski definition) is 2. The van der Waals surface area contributed by atoms with Gasteiger partial charge in [0.15, 0.2) is 5.78 Å². The zero-order valence-electron chi connectivity index (χ0n) is 6.89. The van der Waals surface area contributed by atoms with E-state index in [2.05, 4.69) is 13.5 Å². The Kier molecular flexibility index (Phi) is 5.10. The average Bonchev–Trinajstić information content (AvgIpc) is 2.03. The summed E-state index contributed by atoms with van der Waals surface area (Å²) < 4.78 is 0. The molecule has 0 aliphatic carbocycles. The molecule has 2 nitrogen and oxygen atoms in total. The average molecular weight is 151 g/mol. The number of unbranched alkanes of at least 4 members (excludes halogenated alkanes) is 2. The molecule has 0 heterocycles. The smallest absolute Gasteiger partial charge is 0.172 e. The molecule has 0 saturated carbocycles. The maximum atomic E-state index is 10.9. The lowest BCUT2D eigenvalue weighted by Gasteiger charge is -1.95. The molecule has 0 bridgehead atoms. The van der Waals surface area contributed by atoms with Gasteiger partial charge in [0.1, 0.15) is 6.07 Å². The molecule has 0 spiro atoms. The maximum Gasteiger partial charge on any atom is 0.172 e. The van der Waals surface area contributed by atoms with Crippen LogP contribution in [0.25, 0.3) is 0 Å². The Hall–Kier alpha value is -1.10. The van der Waals surface area contributed by atoms with Crippen molar-refractivity contribution in [3.8, 4) is 6.07 Å². The molecule has 0 aromatic heterocycles. The minimum absolute atomic E-state index is 0.0844. The van der Waals surface area contributed by atoms with E-state index in [1.165, 1.54) is 0 Å². The van der Waals surface area contributed by atoms with E-state index in [4.69, 9.17) is 5.26 Å². The van der Waals surface area contributed by atoms with Crippen molar-refractivity contribution in [2.24, 2.45) is 0 Å². The van der Waals surface area contributed by atoms with E-state index in [9.17, 15) is 4.79 Å². The highest BCUT2D eigenvalue weighted by atomic mass is 16.1. The summed E-state index contributed by atoms with van der Waals surface area (Å²) in [4.78, 5) is 10.9. The van der Waals surface area contributed by atoms with Gasteiger partial charge in [0.2, 0.25) is 0 Å². The summed E-state index contributed by atoms with van der Waals surface area (Å²) in [6.45, 7) is 5.41. The predicted molar refractivity (Wildman–Crippen MR) is 43.9 cm³/mol. The van der Waals surface area contributed by atoms with E-state index < -0.39 is 0 Å². The molecular weight excluding hydrogens is 138 g/mol. The minimum atomic E-state index is -0.110. The number of rotatable bonds is 5. The van der Waals surface area contributed by atoms with E-state index in [-0.39, 0.29) is 11.4 Å². The Morgan fingerprint density at radius 2 is 2.18 bits per heavy atom. The molecular formula is C9H13NO. The van der Waals surface area contributed by atoms with Crippen molar-refractivity contribution in [3.05, 3.63) is 12.2 Å². The molecule has 0 fully saturated rings. The molecule has 0 unspecified atom stereocenters. The second-order valence-electron chi connectivity index (χ2n) is 2.47. The van der Waals surface area contributed by atoms with Gasteiger partial charge in [0, 0.05) is 6.42 Å². The van der Waals surface area contributed by atoms with Crippen LogP contribution in [0, 0.1) is 11.3 Å². The standard InChI is InChI=1S/C9H13NO/c1-3-4-5-6-9(11)8(2)7-10/h2-6H2,1H3. The maximum absolute atomic E-state index is 10.9. The van der Waals surface area contributed by atoms with Gasteiger partial charge in [-0.1, -0.05) is 26.3 Å². The van der Waals surface area contributed by atoms with Crippen molar-refractivity contribution in [3.63, 3.8) is 0 Å². The number of carbonyl (C=O) groups excluding carboxylic acids is 1. The van der Waals surface area contributed by atoms with E-state index in [1.54, 1.807) is 6.07 Å². The van der Waals surface area contributed by atoms with E-state index in [0.29, 0.717) is 6.42 Å². The largest absolute Gasteiger partial charge is 0.293 e. The highest BCUT2D eigenvalue weighted by Gasteiger charge is 2.04. The first-order chi connectivity index (χ1) is 5.22. The predicted octanol–water partition coefficient (Wildman–Crippen LogP) is 2.22. The Morgan fingerprint density at radius 1 is 1.55 bits per heavy atom. The highest BCUT2D eigenvalue weighted by Crippen LogP contribution is 2.03. The Balaban J connectivity index is 3.55. The summed E-state index contributed by atoms with van der Waals surface area (Å²) in [6.07, 6.45) is 3.48. The topological polar surface area (TPSA) is 40.9 Å². The Labute approximate surface area is 67.5 Å². The summed E-state index contributed by atoms with van der Waals surface area (Å²) in [5, 5.41) is 8.29. The van der Waals surface area contributed by atoms with Crippen molar-refractivity contribution in [2.75, 3.05) is 0 Å². The third-order valence-electron chi connectivity index (χ3n) is 1.48. The van der Waals surface area contributed by atoms with Gasteiger partial charge in [0.05, 0.1) is 5.57 Å². The van der Waals surface area contributed by atoms with Crippen molar-refractivity contribution >= 4 is 5.78 Å². The van der Waals surface area contributed by atoms with Gasteiger partial charge in [-0.2, -0.15) is 5.26 Å². The lowest BCUT2D eigenvalue weighted by atomic mass is 10.1. The number of nitriles is 1. The highest BCUT2D eigenvalue weighted by molar-refractivity contribution is 5.98. The van der Waals surface area contributed by atoms with Gasteiger partial charge in [-0.15, -0.1) is 0 Å². The molecule has 0 atom stereocenters. The molecule has 60 valence electrons. The summed E-state index contributed by atoms with van der Waals surface area (Å²) in [7, 11) is 0. The third kappa shape index (κ3) is 4.32. The second-order valence-corrected chi connectivity index (χ2v) is 2.47. The fourth-order valence-electron chi connectivity index (χ4n) is 0.749. The molecule has 11 heavy (non-hydrogen) atoms. The molecule has 0 saturated heterocycles. The first-order valence-electron chi connectivity index (χ1n) is 3.84. The lowest BCUT2D eigenvalue weighted by Crippen LogP contribution is -1.98. The van der Waals surface area contributed by atoms with Crippen LogP contribution in [0.15, 0.2) is 12.2 Å². The third-order valence-corrected chi connectivity index (χ3v) is 1.48. The van der Waals surface area contributed by atoms with Gasteiger partial charge in [-0.25, -0.2) is 0 Å². The summed E-state index contributed by atoms with van der Waals surface area (Å²) >= 11 is 0. The zero-order valence-corrected chi connectivity index (χ0v) is 6.89. The van der Waals surface area contributed by atoms with Gasteiger partial charge >= 0.3 is 0 Å². The van der Waals surface area contributed by atoms with Crippen LogP contribution in [0.1, 0.15) is 32.6 Å². The van der Waals surface area contributed by atoms with Crippen LogP contribution >= 0.6 is 0 Å². The van der Waals surface area contributed by atoms with Crippen LogP contribution in [0.3, 0.4) is 0 Å². The van der Waals surface area contributed by atoms with Crippen LogP contribution in [0.2, 0.25) is 0 Å². The molecule has 0 aliphatic heterocycles. The van der Waals surface area contributed by atoms with Crippen LogP contribution in [0.4, 0.5) is 0 Å². The SMILES string of the molecule is C=C(C#N)C(=O)CCCCC. The number of nitrogens with zero attached hydrogens (tertiary/aromatic N) is 1. The van der Waals surface area contributed by atoms with E-state index in [1.807, 2.05) is 0 Å². The number of hydrogen-bond donors (Lipinski definition) is 0. The fraction of sp³-hybridized carbons (Fsp3) is 0.556. The first kappa shape index (κ1) is 9.90. The summed E-state index contributed by atoms with van der Waals surface area (Å²) in [6, 6.07) is 1.75. The quantitative estimate of drug-likeness (QED) is 0.343. The second kappa shape index (κ2) is 5.67. The molecule has 0 amide bonds. The summed E-state index contributed by atoms with van der Waals surface area (Å²) in [5.74, 6) is -0.110. The molecule has 0 rings (SSSR count). The monoisotopic (exact) mass is 151 g/mol.